The number of para-hydroxylation sites is 2. The van der Waals surface area contributed by atoms with E-state index in [4.69, 9.17) is 0 Å². The number of amides is 1. The Bertz CT molecular complexity index is 1180. The molecule has 0 radical (unpaired) electrons. The van der Waals surface area contributed by atoms with Crippen molar-refractivity contribution in [3.63, 3.8) is 0 Å². The van der Waals surface area contributed by atoms with Crippen LogP contribution in [0.3, 0.4) is 0 Å². The number of nitrogens with zero attached hydrogens (tertiary/aromatic N) is 3. The van der Waals surface area contributed by atoms with Crippen molar-refractivity contribution in [3.8, 4) is 11.3 Å². The predicted octanol–water partition coefficient (Wildman–Crippen LogP) is 4.96. The number of aromatic nitrogens is 3. The Morgan fingerprint density at radius 2 is 1.79 bits per heavy atom. The van der Waals surface area contributed by atoms with E-state index in [1.165, 1.54) is 24.3 Å². The summed E-state index contributed by atoms with van der Waals surface area (Å²) in [7, 11) is 0. The summed E-state index contributed by atoms with van der Waals surface area (Å²) >= 11 is 1.12. The van der Waals surface area contributed by atoms with Crippen LogP contribution < -0.4 is 5.32 Å². The van der Waals surface area contributed by atoms with Crippen molar-refractivity contribution >= 4 is 33.4 Å². The second-order valence-corrected chi connectivity index (χ2v) is 6.96. The zero-order valence-electron chi connectivity index (χ0n) is 14.6. The van der Waals surface area contributed by atoms with Gasteiger partial charge in [-0.3, -0.25) is 4.79 Å². The Labute approximate surface area is 165 Å². The van der Waals surface area contributed by atoms with Gasteiger partial charge in [0, 0.05) is 10.9 Å². The number of anilines is 1. The first kappa shape index (κ1) is 19.1. The minimum Gasteiger partial charge on any atom is -0.311 e. The van der Waals surface area contributed by atoms with Crippen LogP contribution in [0.4, 0.5) is 22.7 Å². The second kappa shape index (κ2) is 7.28. The number of halogens is 4. The number of carbonyl (C=O) groups is 1. The maximum atomic E-state index is 13.3. The van der Waals surface area contributed by atoms with Crippen LogP contribution >= 0.6 is 11.3 Å². The van der Waals surface area contributed by atoms with Crippen molar-refractivity contribution < 1.29 is 22.4 Å². The molecule has 0 saturated carbocycles. The van der Waals surface area contributed by atoms with Crippen molar-refractivity contribution in [2.45, 2.75) is 12.7 Å². The summed E-state index contributed by atoms with van der Waals surface area (Å²) in [5.41, 5.74) is 1.54. The highest BCUT2D eigenvalue weighted by atomic mass is 32.1. The van der Waals surface area contributed by atoms with E-state index in [0.717, 1.165) is 15.9 Å². The summed E-state index contributed by atoms with van der Waals surface area (Å²) in [4.78, 5) is 20.2. The fourth-order valence-electron chi connectivity index (χ4n) is 2.84. The third-order valence-electron chi connectivity index (χ3n) is 4.10. The van der Waals surface area contributed by atoms with E-state index in [2.05, 4.69) is 15.3 Å². The number of thiazole rings is 1. The van der Waals surface area contributed by atoms with E-state index in [-0.39, 0.29) is 22.0 Å². The van der Waals surface area contributed by atoms with Gasteiger partial charge >= 0.3 is 6.18 Å². The monoisotopic (exact) mass is 420 g/mol. The highest BCUT2D eigenvalue weighted by Crippen LogP contribution is 2.31. The maximum absolute atomic E-state index is 13.3. The third kappa shape index (κ3) is 3.97. The van der Waals surface area contributed by atoms with Gasteiger partial charge in [-0.1, -0.05) is 12.1 Å². The average Bonchev–Trinajstić information content (AvgIpc) is 3.27. The van der Waals surface area contributed by atoms with Crippen LogP contribution in [0.1, 0.15) is 5.82 Å². The molecule has 148 valence electrons. The van der Waals surface area contributed by atoms with Crippen molar-refractivity contribution in [3.05, 3.63) is 65.6 Å². The first-order valence-corrected chi connectivity index (χ1v) is 9.23. The minimum absolute atomic E-state index is 0.153. The zero-order chi connectivity index (χ0) is 20.6. The zero-order valence-corrected chi connectivity index (χ0v) is 15.4. The van der Waals surface area contributed by atoms with E-state index in [1.54, 1.807) is 29.6 Å². The molecule has 4 aromatic rings. The van der Waals surface area contributed by atoms with Crippen LogP contribution in [-0.4, -0.2) is 20.4 Å². The van der Waals surface area contributed by atoms with Gasteiger partial charge in [-0.15, -0.1) is 11.3 Å². The van der Waals surface area contributed by atoms with Gasteiger partial charge in [-0.25, -0.2) is 14.4 Å². The first-order valence-electron chi connectivity index (χ1n) is 8.35. The largest absolute Gasteiger partial charge is 0.449 e. The van der Waals surface area contributed by atoms with Gasteiger partial charge < -0.3 is 9.88 Å². The predicted molar refractivity (Wildman–Crippen MR) is 101 cm³/mol. The molecule has 2 heterocycles. The normalized spacial score (nSPS) is 11.7. The van der Waals surface area contributed by atoms with Crippen LogP contribution in [-0.2, 0) is 17.5 Å². The Hall–Kier alpha value is -3.27. The lowest BCUT2D eigenvalue weighted by Gasteiger charge is -2.10. The Kier molecular flexibility index (Phi) is 4.79. The quantitative estimate of drug-likeness (QED) is 0.475. The van der Waals surface area contributed by atoms with E-state index >= 15 is 0 Å². The number of benzene rings is 2. The highest BCUT2D eigenvalue weighted by molar-refractivity contribution is 7.14. The van der Waals surface area contributed by atoms with E-state index in [1.807, 2.05) is 0 Å². The molecule has 0 aliphatic carbocycles. The minimum atomic E-state index is -4.70. The summed E-state index contributed by atoms with van der Waals surface area (Å²) in [6.45, 7) is -0.569. The fraction of sp³-hybridized carbons (Fsp3) is 0.105. The number of fused-ring (bicyclic) bond motifs is 1. The summed E-state index contributed by atoms with van der Waals surface area (Å²) < 4.78 is 53.9. The molecule has 0 spiro atoms. The van der Waals surface area contributed by atoms with Crippen LogP contribution in [0.5, 0.6) is 0 Å². The van der Waals surface area contributed by atoms with Gasteiger partial charge in [0.25, 0.3) is 0 Å². The van der Waals surface area contributed by atoms with Gasteiger partial charge in [0.1, 0.15) is 12.4 Å². The smallest absolute Gasteiger partial charge is 0.311 e. The van der Waals surface area contributed by atoms with Crippen molar-refractivity contribution in [1.29, 1.82) is 0 Å². The Morgan fingerprint density at radius 1 is 1.07 bits per heavy atom. The first-order chi connectivity index (χ1) is 13.8. The Morgan fingerprint density at radius 3 is 2.52 bits per heavy atom. The topological polar surface area (TPSA) is 59.8 Å². The van der Waals surface area contributed by atoms with E-state index < -0.39 is 24.5 Å². The molecule has 0 unspecified atom stereocenters. The molecular formula is C19H12F4N4OS. The summed E-state index contributed by atoms with van der Waals surface area (Å²) in [5, 5.41) is 4.40. The molecule has 0 fully saturated rings. The lowest BCUT2D eigenvalue weighted by atomic mass is 10.2. The number of carbonyl (C=O) groups excluding carboxylic acids is 1. The molecule has 0 aliphatic heterocycles. The molecule has 0 bridgehead atoms. The molecule has 2 aromatic heterocycles. The van der Waals surface area contributed by atoms with Crippen LogP contribution in [0.25, 0.3) is 22.3 Å². The van der Waals surface area contributed by atoms with Crippen LogP contribution in [0, 0.1) is 5.82 Å². The van der Waals surface area contributed by atoms with Crippen molar-refractivity contribution in [1.82, 2.24) is 14.5 Å². The standard InChI is InChI=1S/C19H12F4N4OS/c20-12-7-5-11(6-8-12)14-10-29-18(25-14)26-16(28)9-27-15-4-2-1-3-13(15)24-17(27)19(21,22)23/h1-8,10H,9H2,(H,25,26,28). The molecular weight excluding hydrogens is 408 g/mol. The number of hydrogen-bond donors (Lipinski definition) is 1. The van der Waals surface area contributed by atoms with Crippen LogP contribution in [0.2, 0.25) is 0 Å². The third-order valence-corrected chi connectivity index (χ3v) is 4.86. The highest BCUT2D eigenvalue weighted by Gasteiger charge is 2.38. The fourth-order valence-corrected chi connectivity index (χ4v) is 3.57. The molecule has 4 rings (SSSR count). The number of hydrogen-bond acceptors (Lipinski definition) is 4. The molecule has 5 nitrogen and oxygen atoms in total. The molecule has 0 saturated heterocycles. The van der Waals surface area contributed by atoms with Gasteiger partial charge in [0.2, 0.25) is 11.7 Å². The van der Waals surface area contributed by atoms with E-state index in [9.17, 15) is 22.4 Å². The lowest BCUT2D eigenvalue weighted by molar-refractivity contribution is -0.147. The molecule has 0 atom stereocenters. The van der Waals surface area contributed by atoms with Crippen molar-refractivity contribution in [2.75, 3.05) is 5.32 Å². The Balaban J connectivity index is 1.56. The summed E-state index contributed by atoms with van der Waals surface area (Å²) in [5.74, 6) is -2.19. The van der Waals surface area contributed by atoms with Gasteiger partial charge in [0.05, 0.1) is 16.7 Å². The number of alkyl halides is 3. The average molecular weight is 420 g/mol. The van der Waals surface area contributed by atoms with Gasteiger partial charge in [0.15, 0.2) is 5.13 Å². The molecule has 1 N–H and O–H groups in total. The van der Waals surface area contributed by atoms with Gasteiger partial charge in [-0.2, -0.15) is 13.2 Å². The number of nitrogens with one attached hydrogen (secondary N) is 1. The lowest BCUT2D eigenvalue weighted by Crippen LogP contribution is -2.23. The van der Waals surface area contributed by atoms with Crippen molar-refractivity contribution in [2.24, 2.45) is 0 Å². The number of imidazole rings is 1. The molecule has 1 amide bonds. The molecule has 0 aliphatic rings. The molecule has 10 heteroatoms. The summed E-state index contributed by atoms with van der Waals surface area (Å²) in [6, 6.07) is 11.7. The number of rotatable bonds is 4. The molecule has 29 heavy (non-hydrogen) atoms. The molecule has 2 aromatic carbocycles. The summed E-state index contributed by atoms with van der Waals surface area (Å²) in [6.07, 6.45) is -4.70. The maximum Gasteiger partial charge on any atom is 0.449 e. The van der Waals surface area contributed by atoms with Crippen LogP contribution in [0.15, 0.2) is 53.9 Å². The SMILES string of the molecule is O=C(Cn1c(C(F)(F)F)nc2ccccc21)Nc1nc(-c2ccc(F)cc2)cs1. The van der Waals surface area contributed by atoms with E-state index in [0.29, 0.717) is 11.3 Å². The second-order valence-electron chi connectivity index (χ2n) is 6.10. The van der Waals surface area contributed by atoms with Gasteiger partial charge in [-0.05, 0) is 36.4 Å².